The lowest BCUT2D eigenvalue weighted by atomic mass is 10.0. The van der Waals surface area contributed by atoms with Crippen LogP contribution in [0.2, 0.25) is 5.15 Å². The van der Waals surface area contributed by atoms with E-state index in [1.165, 1.54) is 25.7 Å². The van der Waals surface area contributed by atoms with Gasteiger partial charge in [0.1, 0.15) is 5.15 Å². The van der Waals surface area contributed by atoms with E-state index in [0.717, 1.165) is 17.9 Å². The average molecular weight is 273 g/mol. The van der Waals surface area contributed by atoms with Crippen LogP contribution in [0.25, 0.3) is 0 Å². The second-order valence-corrected chi connectivity index (χ2v) is 5.27. The quantitative estimate of drug-likeness (QED) is 0.712. The van der Waals surface area contributed by atoms with Crippen LogP contribution in [0.1, 0.15) is 50.8 Å². The third kappa shape index (κ3) is 4.29. The van der Waals surface area contributed by atoms with E-state index in [-0.39, 0.29) is 0 Å². The molecule has 1 rings (SSSR count). The highest BCUT2D eigenvalue weighted by molar-refractivity contribution is 6.30. The Morgan fingerprint density at radius 2 is 2.11 bits per heavy atom. The highest BCUT2D eigenvalue weighted by Crippen LogP contribution is 2.20. The number of hydrogen-bond donors (Lipinski definition) is 0. The first-order valence-electron chi connectivity index (χ1n) is 6.85. The van der Waals surface area contributed by atoms with Crippen LogP contribution in [-0.2, 0) is 18.4 Å². The average Bonchev–Trinajstić information content (AvgIpc) is 2.59. The van der Waals surface area contributed by atoms with Gasteiger partial charge in [0, 0.05) is 19.2 Å². The van der Waals surface area contributed by atoms with Crippen molar-refractivity contribution in [3.63, 3.8) is 0 Å². The molecule has 1 aromatic rings. The first-order chi connectivity index (χ1) is 8.60. The fourth-order valence-electron chi connectivity index (χ4n) is 2.06. The van der Waals surface area contributed by atoms with Crippen LogP contribution in [0, 0.1) is 12.8 Å². The first kappa shape index (κ1) is 15.5. The van der Waals surface area contributed by atoms with Gasteiger partial charge in [-0.15, -0.1) is 0 Å². The highest BCUT2D eigenvalue weighted by Gasteiger charge is 2.12. The second-order valence-electron chi connectivity index (χ2n) is 4.91. The van der Waals surface area contributed by atoms with Crippen LogP contribution in [0.3, 0.4) is 0 Å². The monoisotopic (exact) mass is 272 g/mol. The Bertz CT molecular complexity index is 363. The molecular formula is C14H25ClN2O. The third-order valence-corrected chi connectivity index (χ3v) is 3.89. The summed E-state index contributed by atoms with van der Waals surface area (Å²) in [5.74, 6) is 0.667. The van der Waals surface area contributed by atoms with Crippen LogP contribution in [0.4, 0.5) is 0 Å². The number of aryl methyl sites for hydroxylation is 2. The lowest BCUT2D eigenvalue weighted by Gasteiger charge is -2.14. The zero-order chi connectivity index (χ0) is 13.5. The van der Waals surface area contributed by atoms with Crippen molar-refractivity contribution < 1.29 is 4.74 Å². The molecule has 0 aliphatic rings. The second kappa shape index (κ2) is 7.80. The fraction of sp³-hybridized carbons (Fsp3) is 0.786. The number of unbranched alkanes of at least 4 members (excludes halogenated alkanes) is 1. The minimum Gasteiger partial charge on any atom is -0.376 e. The standard InChI is InChI=1S/C14H25ClN2O/c1-5-7-8-12(6-2)9-18-10-13-11(3)16-17(4)14(13)15/h12H,5-10H2,1-4H3. The number of aromatic nitrogens is 2. The minimum absolute atomic E-state index is 0.571. The third-order valence-electron chi connectivity index (χ3n) is 3.41. The zero-order valence-corrected chi connectivity index (χ0v) is 12.8. The topological polar surface area (TPSA) is 27.1 Å². The van der Waals surface area contributed by atoms with Gasteiger partial charge in [0.15, 0.2) is 0 Å². The number of ether oxygens (including phenoxy) is 1. The smallest absolute Gasteiger partial charge is 0.132 e. The lowest BCUT2D eigenvalue weighted by molar-refractivity contribution is 0.0817. The normalized spacial score (nSPS) is 12.9. The van der Waals surface area contributed by atoms with Crippen LogP contribution in [0.5, 0.6) is 0 Å². The van der Waals surface area contributed by atoms with Gasteiger partial charge in [-0.05, 0) is 19.3 Å². The molecule has 104 valence electrons. The van der Waals surface area contributed by atoms with E-state index in [9.17, 15) is 0 Å². The molecule has 1 heterocycles. The molecule has 0 N–H and O–H groups in total. The van der Waals surface area contributed by atoms with E-state index >= 15 is 0 Å². The van der Waals surface area contributed by atoms with Crippen molar-refractivity contribution in [2.45, 2.75) is 53.1 Å². The first-order valence-corrected chi connectivity index (χ1v) is 7.23. The summed E-state index contributed by atoms with van der Waals surface area (Å²) in [6.45, 7) is 7.82. The summed E-state index contributed by atoms with van der Waals surface area (Å²) in [6.07, 6.45) is 4.98. The summed E-state index contributed by atoms with van der Waals surface area (Å²) in [6, 6.07) is 0. The molecule has 0 amide bonds. The number of halogens is 1. The lowest BCUT2D eigenvalue weighted by Crippen LogP contribution is -2.09. The van der Waals surface area contributed by atoms with Gasteiger partial charge >= 0.3 is 0 Å². The largest absolute Gasteiger partial charge is 0.376 e. The maximum absolute atomic E-state index is 6.17. The van der Waals surface area contributed by atoms with Crippen LogP contribution >= 0.6 is 11.6 Å². The SMILES string of the molecule is CCCCC(CC)COCc1c(C)nn(C)c1Cl. The number of rotatable bonds is 8. The Kier molecular flexibility index (Phi) is 6.72. The Morgan fingerprint density at radius 3 is 2.61 bits per heavy atom. The van der Waals surface area contributed by atoms with E-state index in [2.05, 4.69) is 18.9 Å². The molecule has 3 nitrogen and oxygen atoms in total. The van der Waals surface area contributed by atoms with Crippen molar-refractivity contribution >= 4 is 11.6 Å². The molecule has 18 heavy (non-hydrogen) atoms. The highest BCUT2D eigenvalue weighted by atomic mass is 35.5. The van der Waals surface area contributed by atoms with Gasteiger partial charge in [0.05, 0.1) is 12.3 Å². The van der Waals surface area contributed by atoms with Gasteiger partial charge in [-0.25, -0.2) is 0 Å². The molecule has 1 aromatic heterocycles. The van der Waals surface area contributed by atoms with E-state index in [0.29, 0.717) is 17.7 Å². The van der Waals surface area contributed by atoms with Crippen LogP contribution < -0.4 is 0 Å². The molecule has 0 fully saturated rings. The molecule has 0 aliphatic carbocycles. The van der Waals surface area contributed by atoms with Gasteiger partial charge in [0.25, 0.3) is 0 Å². The van der Waals surface area contributed by atoms with Gasteiger partial charge in [0.2, 0.25) is 0 Å². The van der Waals surface area contributed by atoms with Crippen molar-refractivity contribution in [3.05, 3.63) is 16.4 Å². The molecule has 0 aliphatic heterocycles. The zero-order valence-electron chi connectivity index (χ0n) is 12.0. The van der Waals surface area contributed by atoms with E-state index in [1.54, 1.807) is 4.68 Å². The molecule has 1 unspecified atom stereocenters. The van der Waals surface area contributed by atoms with Crippen molar-refractivity contribution in [2.24, 2.45) is 13.0 Å². The van der Waals surface area contributed by atoms with E-state index in [1.807, 2.05) is 14.0 Å². The Morgan fingerprint density at radius 1 is 1.39 bits per heavy atom. The summed E-state index contributed by atoms with van der Waals surface area (Å²) in [7, 11) is 1.86. The number of nitrogens with zero attached hydrogens (tertiary/aromatic N) is 2. The van der Waals surface area contributed by atoms with Gasteiger partial charge in [-0.2, -0.15) is 5.10 Å². The van der Waals surface area contributed by atoms with Crippen LogP contribution in [0.15, 0.2) is 0 Å². The summed E-state index contributed by atoms with van der Waals surface area (Å²) in [5.41, 5.74) is 1.98. The van der Waals surface area contributed by atoms with E-state index < -0.39 is 0 Å². The summed E-state index contributed by atoms with van der Waals surface area (Å²) < 4.78 is 7.51. The summed E-state index contributed by atoms with van der Waals surface area (Å²) in [4.78, 5) is 0. The number of hydrogen-bond acceptors (Lipinski definition) is 2. The molecule has 0 saturated carbocycles. The molecular weight excluding hydrogens is 248 g/mol. The molecule has 4 heteroatoms. The predicted molar refractivity (Wildman–Crippen MR) is 75.9 cm³/mol. The maximum Gasteiger partial charge on any atom is 0.132 e. The molecule has 0 bridgehead atoms. The Hall–Kier alpha value is -0.540. The molecule has 0 radical (unpaired) electrons. The maximum atomic E-state index is 6.17. The molecule has 0 aromatic carbocycles. The van der Waals surface area contributed by atoms with Gasteiger partial charge < -0.3 is 4.74 Å². The van der Waals surface area contributed by atoms with E-state index in [4.69, 9.17) is 16.3 Å². The molecule has 1 atom stereocenters. The molecule has 0 saturated heterocycles. The minimum atomic E-state index is 0.571. The van der Waals surface area contributed by atoms with Crippen molar-refractivity contribution in [2.75, 3.05) is 6.61 Å². The van der Waals surface area contributed by atoms with Crippen molar-refractivity contribution in [1.82, 2.24) is 9.78 Å². The molecule has 0 spiro atoms. The van der Waals surface area contributed by atoms with Crippen LogP contribution in [-0.4, -0.2) is 16.4 Å². The van der Waals surface area contributed by atoms with Crippen molar-refractivity contribution in [1.29, 1.82) is 0 Å². The Labute approximate surface area is 115 Å². The van der Waals surface area contributed by atoms with Crippen molar-refractivity contribution in [3.8, 4) is 0 Å². The van der Waals surface area contributed by atoms with Gasteiger partial charge in [-0.1, -0.05) is 44.7 Å². The van der Waals surface area contributed by atoms with Gasteiger partial charge in [-0.3, -0.25) is 4.68 Å². The Balaban J connectivity index is 2.40. The summed E-state index contributed by atoms with van der Waals surface area (Å²) >= 11 is 6.17. The summed E-state index contributed by atoms with van der Waals surface area (Å²) in [5, 5.41) is 4.97. The fourth-order valence-corrected chi connectivity index (χ4v) is 2.29. The predicted octanol–water partition coefficient (Wildman–Crippen LogP) is 4.11.